The Morgan fingerprint density at radius 2 is 1.69 bits per heavy atom. The summed E-state index contributed by atoms with van der Waals surface area (Å²) in [7, 11) is 0. The highest BCUT2D eigenvalue weighted by Crippen LogP contribution is 2.29. The van der Waals surface area contributed by atoms with Crippen molar-refractivity contribution in [2.75, 3.05) is 13.2 Å². The molecule has 4 rings (SSSR count). The molecule has 2 N–H and O–H groups in total. The Morgan fingerprint density at radius 3 is 2.33 bits per heavy atom. The molecular formula is C35H36F3N3O4. The summed E-state index contributed by atoms with van der Waals surface area (Å²) in [6.07, 6.45) is -1.68. The topological polar surface area (TPSA) is 93.5 Å². The van der Waals surface area contributed by atoms with E-state index in [0.717, 1.165) is 46.8 Å². The number of hydrogen-bond acceptors (Lipinski definition) is 6. The summed E-state index contributed by atoms with van der Waals surface area (Å²) in [5.74, 6) is 1.51. The number of carbonyl (C=O) groups excluding carboxylic acids is 2. The lowest BCUT2D eigenvalue weighted by Crippen LogP contribution is -2.41. The molecule has 1 atom stereocenters. The number of aromatic nitrogens is 1. The van der Waals surface area contributed by atoms with Gasteiger partial charge in [0, 0.05) is 48.3 Å². The van der Waals surface area contributed by atoms with Gasteiger partial charge in [-0.05, 0) is 62.2 Å². The van der Waals surface area contributed by atoms with Gasteiger partial charge >= 0.3 is 6.18 Å². The molecule has 4 aromatic rings. The van der Waals surface area contributed by atoms with Gasteiger partial charge in [0.05, 0.1) is 17.9 Å². The SMILES string of the molecule is CCC(=O)NC[C@H](Cc1ccc(OCCc2nc(-c3ccccc3)oc2C)cc1)N/C(C)=C\C(=O)c1ccc(C(F)(F)F)cc1. The van der Waals surface area contributed by atoms with E-state index in [4.69, 9.17) is 9.15 Å². The van der Waals surface area contributed by atoms with Gasteiger partial charge in [-0.3, -0.25) is 9.59 Å². The molecule has 7 nitrogen and oxygen atoms in total. The number of ketones is 1. The van der Waals surface area contributed by atoms with Crippen LogP contribution >= 0.6 is 0 Å². The summed E-state index contributed by atoms with van der Waals surface area (Å²) in [5, 5.41) is 6.14. The molecule has 0 bridgehead atoms. The average molecular weight is 620 g/mol. The second-order valence-corrected chi connectivity index (χ2v) is 10.6. The van der Waals surface area contributed by atoms with Gasteiger partial charge in [-0.2, -0.15) is 13.2 Å². The number of nitrogens with zero attached hydrogens (tertiary/aromatic N) is 1. The van der Waals surface area contributed by atoms with Gasteiger partial charge in [0.2, 0.25) is 11.8 Å². The number of carbonyl (C=O) groups is 2. The maximum atomic E-state index is 12.9. The van der Waals surface area contributed by atoms with Crippen LogP contribution < -0.4 is 15.4 Å². The van der Waals surface area contributed by atoms with Crippen molar-refractivity contribution >= 4 is 11.7 Å². The Morgan fingerprint density at radius 1 is 1.00 bits per heavy atom. The molecule has 0 spiro atoms. The molecule has 0 saturated heterocycles. The summed E-state index contributed by atoms with van der Waals surface area (Å²) in [4.78, 5) is 29.2. The molecule has 0 aliphatic rings. The summed E-state index contributed by atoms with van der Waals surface area (Å²) in [6, 6.07) is 21.2. The molecule has 1 aromatic heterocycles. The van der Waals surface area contributed by atoms with E-state index >= 15 is 0 Å². The fourth-order valence-corrected chi connectivity index (χ4v) is 4.64. The third-order valence-electron chi connectivity index (χ3n) is 7.07. The number of ether oxygens (including phenoxy) is 1. The van der Waals surface area contributed by atoms with Crippen molar-refractivity contribution in [1.29, 1.82) is 0 Å². The highest BCUT2D eigenvalue weighted by Gasteiger charge is 2.30. The van der Waals surface area contributed by atoms with Crippen LogP contribution in [-0.4, -0.2) is 35.9 Å². The molecule has 0 saturated carbocycles. The van der Waals surface area contributed by atoms with Gasteiger partial charge in [0.15, 0.2) is 5.78 Å². The van der Waals surface area contributed by atoms with Gasteiger partial charge in [0.25, 0.3) is 0 Å². The van der Waals surface area contributed by atoms with Crippen LogP contribution in [0.2, 0.25) is 0 Å². The number of halogens is 3. The molecule has 0 fully saturated rings. The maximum absolute atomic E-state index is 12.9. The molecule has 10 heteroatoms. The van der Waals surface area contributed by atoms with Gasteiger partial charge in [0.1, 0.15) is 11.5 Å². The van der Waals surface area contributed by atoms with E-state index in [1.165, 1.54) is 6.08 Å². The summed E-state index contributed by atoms with van der Waals surface area (Å²) in [6.45, 7) is 6.08. The molecule has 3 aromatic carbocycles. The van der Waals surface area contributed by atoms with E-state index in [-0.39, 0.29) is 17.5 Å². The van der Waals surface area contributed by atoms with Crippen molar-refractivity contribution in [1.82, 2.24) is 15.6 Å². The first kappa shape index (κ1) is 33.0. The van der Waals surface area contributed by atoms with Gasteiger partial charge < -0.3 is 19.8 Å². The number of allylic oxidation sites excluding steroid dienone is 2. The molecule has 0 unspecified atom stereocenters. The first-order chi connectivity index (χ1) is 21.5. The van der Waals surface area contributed by atoms with Crippen molar-refractivity contribution < 1.29 is 31.9 Å². The van der Waals surface area contributed by atoms with Crippen LogP contribution in [0, 0.1) is 6.92 Å². The van der Waals surface area contributed by atoms with Crippen molar-refractivity contribution in [3.8, 4) is 17.2 Å². The predicted molar refractivity (Wildman–Crippen MR) is 166 cm³/mol. The monoisotopic (exact) mass is 619 g/mol. The number of aryl methyl sites for hydroxylation is 1. The Balaban J connectivity index is 1.34. The number of oxazole rings is 1. The lowest BCUT2D eigenvalue weighted by atomic mass is 10.0. The molecule has 1 amide bonds. The Hall–Kier alpha value is -4.86. The van der Waals surface area contributed by atoms with E-state index in [2.05, 4.69) is 15.6 Å². The zero-order valence-corrected chi connectivity index (χ0v) is 25.4. The standard InChI is InChI=1S/C35H36F3N3O4/c1-4-33(43)39-22-29(40-23(2)20-32(42)26-12-14-28(15-13-26)35(36,37)38)21-25-10-16-30(17-11-25)44-19-18-31-24(3)45-34(41-31)27-8-6-5-7-9-27/h5-17,20,29,40H,4,18-19,21-22H2,1-3H3,(H,39,43)/b23-20-/t29-/m0/s1. The predicted octanol–water partition coefficient (Wildman–Crippen LogP) is 7.10. The minimum Gasteiger partial charge on any atom is -0.493 e. The molecule has 45 heavy (non-hydrogen) atoms. The van der Waals surface area contributed by atoms with E-state index in [1.807, 2.05) is 61.5 Å². The molecule has 0 aliphatic heterocycles. The summed E-state index contributed by atoms with van der Waals surface area (Å²) < 4.78 is 50.4. The van der Waals surface area contributed by atoms with E-state index in [9.17, 15) is 22.8 Å². The average Bonchev–Trinajstić information content (AvgIpc) is 3.40. The number of rotatable bonds is 14. The highest BCUT2D eigenvalue weighted by molar-refractivity contribution is 6.04. The second-order valence-electron chi connectivity index (χ2n) is 10.6. The van der Waals surface area contributed by atoms with Crippen LogP contribution in [0.4, 0.5) is 13.2 Å². The van der Waals surface area contributed by atoms with Crippen LogP contribution in [-0.2, 0) is 23.8 Å². The van der Waals surface area contributed by atoms with Crippen LogP contribution in [0.1, 0.15) is 53.2 Å². The zero-order valence-electron chi connectivity index (χ0n) is 25.4. The second kappa shape index (κ2) is 15.2. The Kier molecular flexibility index (Phi) is 11.2. The molecular weight excluding hydrogens is 583 g/mol. The van der Waals surface area contributed by atoms with Crippen LogP contribution in [0.25, 0.3) is 11.5 Å². The maximum Gasteiger partial charge on any atom is 0.416 e. The van der Waals surface area contributed by atoms with Gasteiger partial charge in [-0.15, -0.1) is 0 Å². The van der Waals surface area contributed by atoms with Crippen LogP contribution in [0.5, 0.6) is 5.75 Å². The quantitative estimate of drug-likeness (QED) is 0.116. The number of nitrogens with one attached hydrogen (secondary N) is 2. The lowest BCUT2D eigenvalue weighted by molar-refractivity contribution is -0.137. The summed E-state index contributed by atoms with van der Waals surface area (Å²) in [5.41, 5.74) is 2.59. The molecule has 236 valence electrons. The third kappa shape index (κ3) is 9.82. The van der Waals surface area contributed by atoms with Crippen LogP contribution in [0.3, 0.4) is 0 Å². The number of amides is 1. The van der Waals surface area contributed by atoms with Gasteiger partial charge in [-0.1, -0.05) is 49.4 Å². The third-order valence-corrected chi connectivity index (χ3v) is 7.07. The van der Waals surface area contributed by atoms with Crippen LogP contribution in [0.15, 0.2) is 95.1 Å². The summed E-state index contributed by atoms with van der Waals surface area (Å²) >= 11 is 0. The normalized spacial score (nSPS) is 12.4. The van der Waals surface area contributed by atoms with Crippen molar-refractivity contribution in [2.45, 2.75) is 52.3 Å². The van der Waals surface area contributed by atoms with E-state index in [0.29, 0.717) is 49.8 Å². The molecule has 0 radical (unpaired) electrons. The zero-order chi connectivity index (χ0) is 32.4. The van der Waals surface area contributed by atoms with E-state index in [1.54, 1.807) is 13.8 Å². The highest BCUT2D eigenvalue weighted by atomic mass is 19.4. The largest absolute Gasteiger partial charge is 0.493 e. The minimum absolute atomic E-state index is 0.105. The molecule has 0 aliphatic carbocycles. The fraction of sp³-hybridized carbons (Fsp3) is 0.286. The lowest BCUT2D eigenvalue weighted by Gasteiger charge is -2.21. The molecule has 1 heterocycles. The Labute approximate surface area is 260 Å². The Bertz CT molecular complexity index is 1600. The van der Waals surface area contributed by atoms with Crippen molar-refractivity contribution in [3.05, 3.63) is 119 Å². The van der Waals surface area contributed by atoms with Gasteiger partial charge in [-0.25, -0.2) is 4.98 Å². The minimum atomic E-state index is -4.47. The number of hydrogen-bond donors (Lipinski definition) is 2. The smallest absolute Gasteiger partial charge is 0.416 e. The van der Waals surface area contributed by atoms with E-state index < -0.39 is 17.5 Å². The first-order valence-corrected chi connectivity index (χ1v) is 14.7. The number of alkyl halides is 3. The first-order valence-electron chi connectivity index (χ1n) is 14.7. The van der Waals surface area contributed by atoms with Crippen molar-refractivity contribution in [2.24, 2.45) is 0 Å². The number of benzene rings is 3. The van der Waals surface area contributed by atoms with Crippen molar-refractivity contribution in [3.63, 3.8) is 0 Å². The fourth-order valence-electron chi connectivity index (χ4n) is 4.64.